The molecule has 0 saturated heterocycles. The van der Waals surface area contributed by atoms with Gasteiger partial charge >= 0.3 is 0 Å². The summed E-state index contributed by atoms with van der Waals surface area (Å²) in [5, 5.41) is 0.519. The predicted molar refractivity (Wildman–Crippen MR) is 82.4 cm³/mol. The Hall–Kier alpha value is -1.63. The number of hydrogen-bond acceptors (Lipinski definition) is 4. The van der Waals surface area contributed by atoms with Crippen LogP contribution in [0, 0.1) is 0 Å². The van der Waals surface area contributed by atoms with E-state index in [0.717, 1.165) is 5.56 Å². The van der Waals surface area contributed by atoms with E-state index in [1.54, 1.807) is 17.0 Å². The molecule has 0 fully saturated rings. The molecule has 116 valence electrons. The second kappa shape index (κ2) is 7.97. The van der Waals surface area contributed by atoms with Crippen molar-refractivity contribution in [1.82, 2.24) is 4.90 Å². The van der Waals surface area contributed by atoms with Crippen molar-refractivity contribution in [3.63, 3.8) is 0 Å². The van der Waals surface area contributed by atoms with Gasteiger partial charge in [-0.15, -0.1) is 0 Å². The third-order valence-corrected chi connectivity index (χ3v) is 3.56. The third-order valence-electron chi connectivity index (χ3n) is 3.21. The normalized spacial score (nSPS) is 13.9. The van der Waals surface area contributed by atoms with Crippen molar-refractivity contribution in [2.45, 2.75) is 25.4 Å². The molecular weight excluding hydrogens is 292 g/mol. The molecule has 0 radical (unpaired) electrons. The Labute approximate surface area is 129 Å². The molecule has 0 aliphatic rings. The summed E-state index contributed by atoms with van der Waals surface area (Å²) in [6, 6.07) is 6.44. The van der Waals surface area contributed by atoms with Crippen molar-refractivity contribution < 1.29 is 9.59 Å². The maximum atomic E-state index is 11.3. The van der Waals surface area contributed by atoms with Gasteiger partial charge < -0.3 is 17.2 Å². The fraction of sp³-hybridized carbons (Fsp3) is 0.429. The lowest BCUT2D eigenvalue weighted by Crippen LogP contribution is -2.47. The average Bonchev–Trinajstić information content (AvgIpc) is 2.39. The van der Waals surface area contributed by atoms with Gasteiger partial charge in [-0.25, -0.2) is 0 Å². The van der Waals surface area contributed by atoms with Crippen LogP contribution in [-0.4, -0.2) is 35.8 Å². The first-order valence-electron chi connectivity index (χ1n) is 6.67. The zero-order valence-electron chi connectivity index (χ0n) is 12.0. The van der Waals surface area contributed by atoms with Gasteiger partial charge in [0.2, 0.25) is 11.8 Å². The molecule has 1 aromatic carbocycles. The molecule has 1 aromatic rings. The first-order valence-corrected chi connectivity index (χ1v) is 7.05. The van der Waals surface area contributed by atoms with E-state index in [-0.39, 0.29) is 19.1 Å². The molecule has 0 aliphatic heterocycles. The summed E-state index contributed by atoms with van der Waals surface area (Å²) in [6.45, 7) is 1.68. The summed E-state index contributed by atoms with van der Waals surface area (Å²) in [6.07, 6.45) is 0.643. The number of nitrogens with zero attached hydrogens (tertiary/aromatic N) is 1. The van der Waals surface area contributed by atoms with Crippen molar-refractivity contribution in [1.29, 1.82) is 0 Å². The molecule has 7 heteroatoms. The highest BCUT2D eigenvalue weighted by Gasteiger charge is 2.29. The summed E-state index contributed by atoms with van der Waals surface area (Å²) in [5.74, 6) is -1.12. The number of amides is 2. The average molecular weight is 313 g/mol. The zero-order valence-corrected chi connectivity index (χ0v) is 12.7. The van der Waals surface area contributed by atoms with Gasteiger partial charge in [0, 0.05) is 11.1 Å². The van der Waals surface area contributed by atoms with Crippen molar-refractivity contribution in [3.05, 3.63) is 34.9 Å². The topological polar surface area (TPSA) is 115 Å². The molecule has 2 atom stereocenters. The maximum Gasteiger partial charge on any atom is 0.231 e. The van der Waals surface area contributed by atoms with Crippen molar-refractivity contribution in [3.8, 4) is 0 Å². The number of rotatable bonds is 8. The van der Waals surface area contributed by atoms with Gasteiger partial charge in [-0.2, -0.15) is 0 Å². The quantitative estimate of drug-likeness (QED) is 0.644. The van der Waals surface area contributed by atoms with Crippen LogP contribution >= 0.6 is 11.6 Å². The summed E-state index contributed by atoms with van der Waals surface area (Å²) >= 11 is 6.22. The molecule has 2 amide bonds. The lowest BCUT2D eigenvalue weighted by atomic mass is 9.96. The Kier molecular flexibility index (Phi) is 6.61. The maximum absolute atomic E-state index is 11.3. The van der Waals surface area contributed by atoms with E-state index >= 15 is 0 Å². The van der Waals surface area contributed by atoms with Crippen LogP contribution in [0.25, 0.3) is 0 Å². The van der Waals surface area contributed by atoms with Crippen molar-refractivity contribution in [2.75, 3.05) is 13.1 Å². The number of hydrogen-bond donors (Lipinski definition) is 3. The SMILES string of the molecule is CCC(N)C(c1ccccc1Cl)N(CC(N)=O)CC(N)=O. The van der Waals surface area contributed by atoms with Gasteiger partial charge in [-0.3, -0.25) is 14.5 Å². The largest absolute Gasteiger partial charge is 0.369 e. The van der Waals surface area contributed by atoms with E-state index in [1.165, 1.54) is 0 Å². The number of benzene rings is 1. The molecule has 0 aliphatic carbocycles. The third kappa shape index (κ3) is 5.00. The lowest BCUT2D eigenvalue weighted by Gasteiger charge is -2.34. The number of carbonyl (C=O) groups is 2. The predicted octanol–water partition coefficient (Wildman–Crippen LogP) is 0.391. The molecular formula is C14H21ClN4O2. The second-order valence-electron chi connectivity index (χ2n) is 4.88. The highest BCUT2D eigenvalue weighted by atomic mass is 35.5. The minimum absolute atomic E-state index is 0.119. The summed E-state index contributed by atoms with van der Waals surface area (Å²) in [7, 11) is 0. The van der Waals surface area contributed by atoms with Crippen molar-refractivity contribution >= 4 is 23.4 Å². The molecule has 21 heavy (non-hydrogen) atoms. The van der Waals surface area contributed by atoms with Gasteiger partial charge in [0.15, 0.2) is 0 Å². The standard InChI is InChI=1S/C14H21ClN4O2/c1-2-11(16)14(9-5-3-4-6-10(9)15)19(7-12(17)20)8-13(18)21/h3-6,11,14H,2,7-8,16H2,1H3,(H2,17,20)(H2,18,21). The van der Waals surface area contributed by atoms with Crippen LogP contribution in [0.2, 0.25) is 5.02 Å². The Morgan fingerprint density at radius 1 is 1.19 bits per heavy atom. The number of nitrogens with two attached hydrogens (primary N) is 3. The zero-order chi connectivity index (χ0) is 16.0. The highest BCUT2D eigenvalue weighted by Crippen LogP contribution is 2.30. The molecule has 0 aromatic heterocycles. The van der Waals surface area contributed by atoms with Crippen LogP contribution in [0.1, 0.15) is 24.9 Å². The van der Waals surface area contributed by atoms with Crippen LogP contribution in [0.15, 0.2) is 24.3 Å². The number of primary amides is 2. The van der Waals surface area contributed by atoms with Crippen LogP contribution in [-0.2, 0) is 9.59 Å². The van der Waals surface area contributed by atoms with E-state index in [4.69, 9.17) is 28.8 Å². The van der Waals surface area contributed by atoms with Gasteiger partial charge in [0.1, 0.15) is 0 Å². The second-order valence-corrected chi connectivity index (χ2v) is 5.28. The molecule has 2 unspecified atom stereocenters. The Bertz CT molecular complexity index is 494. The molecule has 0 saturated carbocycles. The Morgan fingerprint density at radius 3 is 2.14 bits per heavy atom. The van der Waals surface area contributed by atoms with Crippen LogP contribution in [0.3, 0.4) is 0 Å². The molecule has 0 bridgehead atoms. The minimum Gasteiger partial charge on any atom is -0.369 e. The smallest absolute Gasteiger partial charge is 0.231 e. The molecule has 6 N–H and O–H groups in total. The fourth-order valence-electron chi connectivity index (χ4n) is 2.29. The van der Waals surface area contributed by atoms with Gasteiger partial charge in [0.25, 0.3) is 0 Å². The van der Waals surface area contributed by atoms with E-state index in [9.17, 15) is 9.59 Å². The molecule has 0 spiro atoms. The highest BCUT2D eigenvalue weighted by molar-refractivity contribution is 6.31. The lowest BCUT2D eigenvalue weighted by molar-refractivity contribution is -0.123. The first kappa shape index (κ1) is 17.4. The van der Waals surface area contributed by atoms with Gasteiger partial charge in [0.05, 0.1) is 19.1 Å². The van der Waals surface area contributed by atoms with E-state index in [2.05, 4.69) is 0 Å². The fourth-order valence-corrected chi connectivity index (χ4v) is 2.54. The van der Waals surface area contributed by atoms with Gasteiger partial charge in [-0.1, -0.05) is 36.7 Å². The van der Waals surface area contributed by atoms with E-state index in [1.807, 2.05) is 19.1 Å². The minimum atomic E-state index is -0.559. The molecule has 0 heterocycles. The van der Waals surface area contributed by atoms with Crippen LogP contribution in [0.5, 0.6) is 0 Å². The summed E-state index contributed by atoms with van der Waals surface area (Å²) < 4.78 is 0. The number of halogens is 1. The molecule has 1 rings (SSSR count). The van der Waals surface area contributed by atoms with E-state index in [0.29, 0.717) is 11.4 Å². The van der Waals surface area contributed by atoms with Gasteiger partial charge in [-0.05, 0) is 18.1 Å². The van der Waals surface area contributed by atoms with Crippen molar-refractivity contribution in [2.24, 2.45) is 17.2 Å². The number of carbonyl (C=O) groups excluding carboxylic acids is 2. The first-order chi connectivity index (χ1) is 9.86. The van der Waals surface area contributed by atoms with Crippen LogP contribution in [0.4, 0.5) is 0 Å². The Morgan fingerprint density at radius 2 is 1.71 bits per heavy atom. The monoisotopic (exact) mass is 312 g/mol. The summed E-state index contributed by atoms with van der Waals surface area (Å²) in [4.78, 5) is 24.1. The summed E-state index contributed by atoms with van der Waals surface area (Å²) in [5.41, 5.74) is 17.4. The van der Waals surface area contributed by atoms with E-state index < -0.39 is 17.9 Å². The van der Waals surface area contributed by atoms with Crippen LogP contribution < -0.4 is 17.2 Å². The molecule has 6 nitrogen and oxygen atoms in total. The Balaban J connectivity index is 3.22.